The molecular weight excluding hydrogens is 362 g/mol. The van der Waals surface area contributed by atoms with Gasteiger partial charge in [0.2, 0.25) is 5.69 Å². The van der Waals surface area contributed by atoms with Crippen molar-refractivity contribution in [3.05, 3.63) is 35.5 Å². The van der Waals surface area contributed by atoms with Crippen molar-refractivity contribution in [3.8, 4) is 0 Å². The minimum Gasteiger partial charge on any atom is -0.476 e. The zero-order chi connectivity index (χ0) is 18.0. The summed E-state index contributed by atoms with van der Waals surface area (Å²) in [6.07, 6.45) is 5.08. The number of aromatic nitrogens is 3. The van der Waals surface area contributed by atoms with Gasteiger partial charge in [-0.25, -0.2) is 13.2 Å². The van der Waals surface area contributed by atoms with E-state index in [2.05, 4.69) is 15.4 Å². The highest BCUT2D eigenvalue weighted by Gasteiger charge is 2.26. The van der Waals surface area contributed by atoms with Gasteiger partial charge in [-0.15, -0.1) is 10.2 Å². The fourth-order valence-electron chi connectivity index (χ4n) is 3.10. The average molecular weight is 381 g/mol. The molecule has 9 heteroatoms. The maximum absolute atomic E-state index is 11.5. The van der Waals surface area contributed by atoms with Crippen LogP contribution in [0, 0.1) is 0 Å². The smallest absolute Gasteiger partial charge is 0.359 e. The predicted molar refractivity (Wildman–Crippen MR) is 93.7 cm³/mol. The molecule has 0 amide bonds. The summed E-state index contributed by atoms with van der Waals surface area (Å²) in [5.74, 6) is -0.669. The second kappa shape index (κ2) is 7.17. The number of carbonyl (C=O) groups is 1. The number of hydrogen-bond donors (Lipinski definition) is 2. The van der Waals surface area contributed by atoms with Crippen LogP contribution >= 0.6 is 11.8 Å². The van der Waals surface area contributed by atoms with Crippen LogP contribution in [0.4, 0.5) is 0 Å². The lowest BCUT2D eigenvalue weighted by Gasteiger charge is -2.28. The summed E-state index contributed by atoms with van der Waals surface area (Å²) in [7, 11) is -3.17. The number of sulfone groups is 1. The fraction of sp³-hybridized carbons (Fsp3) is 0.438. The SMILES string of the molecule is CS(=O)(=O)c1ccc(C2CCC(Sc3n[nH]nc3C(=O)O)CC2)cc1. The summed E-state index contributed by atoms with van der Waals surface area (Å²) >= 11 is 1.46. The molecule has 1 aliphatic rings. The van der Waals surface area contributed by atoms with E-state index in [0.29, 0.717) is 21.1 Å². The molecule has 0 bridgehead atoms. The van der Waals surface area contributed by atoms with E-state index in [1.807, 2.05) is 12.1 Å². The minimum atomic E-state index is -3.17. The Bertz CT molecular complexity index is 854. The number of thioether (sulfide) groups is 1. The fourth-order valence-corrected chi connectivity index (χ4v) is 4.89. The maximum Gasteiger partial charge on any atom is 0.359 e. The Morgan fingerprint density at radius 2 is 1.80 bits per heavy atom. The average Bonchev–Trinajstić information content (AvgIpc) is 3.03. The molecule has 1 aromatic carbocycles. The van der Waals surface area contributed by atoms with Gasteiger partial charge in [0.15, 0.2) is 14.9 Å². The second-order valence-corrected chi connectivity index (χ2v) is 9.52. The van der Waals surface area contributed by atoms with Crippen molar-refractivity contribution in [1.29, 1.82) is 0 Å². The second-order valence-electron chi connectivity index (χ2n) is 6.22. The van der Waals surface area contributed by atoms with E-state index in [4.69, 9.17) is 5.11 Å². The molecule has 1 aromatic heterocycles. The maximum atomic E-state index is 11.5. The number of nitrogens with zero attached hydrogens (tertiary/aromatic N) is 2. The summed E-state index contributed by atoms with van der Waals surface area (Å²) in [5.41, 5.74) is 1.13. The van der Waals surface area contributed by atoms with Crippen LogP contribution in [-0.2, 0) is 9.84 Å². The predicted octanol–water partition coefficient (Wildman–Crippen LogP) is 2.72. The first kappa shape index (κ1) is 17.9. The monoisotopic (exact) mass is 381 g/mol. The Morgan fingerprint density at radius 3 is 2.36 bits per heavy atom. The third-order valence-electron chi connectivity index (χ3n) is 4.45. The first-order valence-electron chi connectivity index (χ1n) is 7.95. The number of H-pyrrole nitrogens is 1. The molecule has 1 saturated carbocycles. The molecule has 7 nitrogen and oxygen atoms in total. The highest BCUT2D eigenvalue weighted by atomic mass is 32.2. The third-order valence-corrected chi connectivity index (χ3v) is 6.89. The van der Waals surface area contributed by atoms with E-state index in [9.17, 15) is 13.2 Å². The van der Waals surface area contributed by atoms with E-state index in [1.54, 1.807) is 12.1 Å². The number of rotatable bonds is 5. The van der Waals surface area contributed by atoms with Gasteiger partial charge in [-0.05, 0) is 49.3 Å². The van der Waals surface area contributed by atoms with Gasteiger partial charge in [0.1, 0.15) is 0 Å². The molecule has 1 fully saturated rings. The van der Waals surface area contributed by atoms with Gasteiger partial charge in [-0.3, -0.25) is 0 Å². The first-order valence-corrected chi connectivity index (χ1v) is 10.7. The van der Waals surface area contributed by atoms with E-state index < -0.39 is 15.8 Å². The minimum absolute atomic E-state index is 0.0245. The van der Waals surface area contributed by atoms with E-state index in [-0.39, 0.29) is 5.69 Å². The van der Waals surface area contributed by atoms with Gasteiger partial charge >= 0.3 is 5.97 Å². The van der Waals surface area contributed by atoms with Gasteiger partial charge in [0.05, 0.1) is 4.90 Å². The van der Waals surface area contributed by atoms with Gasteiger partial charge in [-0.2, -0.15) is 5.21 Å². The largest absolute Gasteiger partial charge is 0.476 e. The molecule has 25 heavy (non-hydrogen) atoms. The van der Waals surface area contributed by atoms with E-state index in [1.165, 1.54) is 18.0 Å². The molecule has 0 unspecified atom stereocenters. The molecule has 134 valence electrons. The summed E-state index contributed by atoms with van der Waals surface area (Å²) in [4.78, 5) is 11.4. The lowest BCUT2D eigenvalue weighted by molar-refractivity contribution is 0.0686. The van der Waals surface area contributed by atoms with Crippen LogP contribution < -0.4 is 0 Å². The number of carboxylic acid groups (broad SMARTS) is 1. The zero-order valence-corrected chi connectivity index (χ0v) is 15.3. The number of aromatic carboxylic acids is 1. The van der Waals surface area contributed by atoms with Crippen LogP contribution in [0.3, 0.4) is 0 Å². The van der Waals surface area contributed by atoms with Gasteiger partial charge < -0.3 is 5.11 Å². The lowest BCUT2D eigenvalue weighted by atomic mass is 9.84. The number of carboxylic acids is 1. The van der Waals surface area contributed by atoms with Crippen LogP contribution in [0.15, 0.2) is 34.2 Å². The number of hydrogen-bond acceptors (Lipinski definition) is 6. The molecular formula is C16H19N3O4S2. The van der Waals surface area contributed by atoms with Crippen LogP contribution in [0.1, 0.15) is 47.7 Å². The topological polar surface area (TPSA) is 113 Å². The van der Waals surface area contributed by atoms with Crippen LogP contribution in [0.2, 0.25) is 0 Å². The molecule has 3 rings (SSSR count). The molecule has 0 saturated heterocycles. The van der Waals surface area contributed by atoms with Crippen molar-refractivity contribution in [2.75, 3.05) is 6.26 Å². The Hall–Kier alpha value is -1.87. The quantitative estimate of drug-likeness (QED) is 0.818. The van der Waals surface area contributed by atoms with Gasteiger partial charge in [-0.1, -0.05) is 23.9 Å². The van der Waals surface area contributed by atoms with Crippen LogP contribution in [0.5, 0.6) is 0 Å². The summed E-state index contributed by atoms with van der Waals surface area (Å²) in [6, 6.07) is 7.13. The molecule has 0 atom stereocenters. The molecule has 0 spiro atoms. The van der Waals surface area contributed by atoms with Crippen molar-refractivity contribution in [2.24, 2.45) is 0 Å². The summed E-state index contributed by atoms with van der Waals surface area (Å²) in [6.45, 7) is 0. The number of aromatic amines is 1. The molecule has 1 aliphatic carbocycles. The van der Waals surface area contributed by atoms with Crippen LogP contribution in [-0.4, -0.2) is 46.4 Å². The molecule has 2 N–H and O–H groups in total. The zero-order valence-electron chi connectivity index (χ0n) is 13.7. The lowest BCUT2D eigenvalue weighted by Crippen LogP contribution is -2.15. The molecule has 0 aliphatic heterocycles. The van der Waals surface area contributed by atoms with Crippen LogP contribution in [0.25, 0.3) is 0 Å². The van der Waals surface area contributed by atoms with Crippen molar-refractivity contribution in [3.63, 3.8) is 0 Å². The van der Waals surface area contributed by atoms with Crippen molar-refractivity contribution in [2.45, 2.75) is 46.8 Å². The summed E-state index contributed by atoms with van der Waals surface area (Å²) < 4.78 is 23.1. The highest BCUT2D eigenvalue weighted by molar-refractivity contribution is 7.99. The normalized spacial score (nSPS) is 21.2. The molecule has 0 radical (unpaired) electrons. The Balaban J connectivity index is 1.60. The summed E-state index contributed by atoms with van der Waals surface area (Å²) in [5, 5.41) is 19.8. The highest BCUT2D eigenvalue weighted by Crippen LogP contribution is 2.40. The van der Waals surface area contributed by atoms with Gasteiger partial charge in [0.25, 0.3) is 0 Å². The molecule has 2 aromatic rings. The Kier molecular flexibility index (Phi) is 5.14. The van der Waals surface area contributed by atoms with E-state index >= 15 is 0 Å². The number of nitrogens with one attached hydrogen (secondary N) is 1. The molecule has 1 heterocycles. The van der Waals surface area contributed by atoms with Crippen molar-refractivity contribution < 1.29 is 18.3 Å². The van der Waals surface area contributed by atoms with Gasteiger partial charge in [0, 0.05) is 11.5 Å². The Labute approximate surface area is 150 Å². The number of benzene rings is 1. The standard InChI is InChI=1S/C16H19N3O4S2/c1-25(22,23)13-8-4-11(5-9-13)10-2-6-12(7-3-10)24-15-14(16(20)21)17-19-18-15/h4-5,8-10,12H,2-3,6-7H2,1H3,(H,20,21)(H,17,18,19). The van der Waals surface area contributed by atoms with E-state index in [0.717, 1.165) is 31.2 Å². The third kappa shape index (κ3) is 4.21. The van der Waals surface area contributed by atoms with Crippen molar-refractivity contribution in [1.82, 2.24) is 15.4 Å². The Morgan fingerprint density at radius 1 is 1.16 bits per heavy atom. The first-order chi connectivity index (χ1) is 11.8. The van der Waals surface area contributed by atoms with Crippen molar-refractivity contribution >= 4 is 27.6 Å².